The lowest BCUT2D eigenvalue weighted by Gasteiger charge is -2.01. The molecule has 8 heteroatoms. The molecule has 2 N–H and O–H groups in total. The van der Waals surface area contributed by atoms with Gasteiger partial charge in [0, 0.05) is 5.56 Å². The highest BCUT2D eigenvalue weighted by Gasteiger charge is 2.11. The number of anilines is 1. The van der Waals surface area contributed by atoms with E-state index in [2.05, 4.69) is 20.7 Å². The van der Waals surface area contributed by atoms with Crippen molar-refractivity contribution in [3.8, 4) is 0 Å². The number of hydrogen-bond donors (Lipinski definition) is 2. The maximum absolute atomic E-state index is 11.8. The van der Waals surface area contributed by atoms with Crippen molar-refractivity contribution >= 4 is 17.8 Å². The van der Waals surface area contributed by atoms with E-state index in [1.54, 1.807) is 7.05 Å². The summed E-state index contributed by atoms with van der Waals surface area (Å²) in [6.07, 6.45) is 0. The molecule has 2 aromatic rings. The van der Waals surface area contributed by atoms with Gasteiger partial charge in [0.1, 0.15) is 0 Å². The van der Waals surface area contributed by atoms with E-state index in [0.717, 1.165) is 0 Å². The molecule has 0 saturated carbocycles. The lowest BCUT2D eigenvalue weighted by molar-refractivity contribution is 0.0697. The number of nitrogens with one attached hydrogen (secondary N) is 1. The Bertz CT molecular complexity index is 607. The van der Waals surface area contributed by atoms with Crippen LogP contribution in [0.4, 0.5) is 5.95 Å². The average Bonchev–Trinajstić information content (AvgIpc) is 2.75. The number of aromatic nitrogens is 4. The molecule has 1 aromatic heterocycles. The summed E-state index contributed by atoms with van der Waals surface area (Å²) in [6, 6.07) is 5.66. The first-order chi connectivity index (χ1) is 8.56. The Morgan fingerprint density at radius 3 is 2.67 bits per heavy atom. The highest BCUT2D eigenvalue weighted by atomic mass is 16.4. The number of aromatic carboxylic acids is 1. The molecule has 92 valence electrons. The van der Waals surface area contributed by atoms with Crippen molar-refractivity contribution in [1.82, 2.24) is 20.2 Å². The molecular weight excluding hydrogens is 238 g/mol. The third kappa shape index (κ3) is 2.48. The first kappa shape index (κ1) is 11.7. The van der Waals surface area contributed by atoms with Crippen LogP contribution in [0.2, 0.25) is 0 Å². The van der Waals surface area contributed by atoms with Gasteiger partial charge in [0.15, 0.2) is 0 Å². The Morgan fingerprint density at radius 1 is 1.33 bits per heavy atom. The lowest BCUT2D eigenvalue weighted by atomic mass is 10.1. The van der Waals surface area contributed by atoms with E-state index in [1.807, 2.05) is 0 Å². The summed E-state index contributed by atoms with van der Waals surface area (Å²) in [5.74, 6) is -1.53. The SMILES string of the molecule is Cn1nnc(NC(=O)c2cccc(C(=O)O)c2)n1. The molecule has 0 aliphatic heterocycles. The Labute approximate surface area is 101 Å². The van der Waals surface area contributed by atoms with Gasteiger partial charge in [0.25, 0.3) is 11.9 Å². The molecule has 0 aliphatic rings. The van der Waals surface area contributed by atoms with Crippen LogP contribution in [0.25, 0.3) is 0 Å². The number of aryl methyl sites for hydroxylation is 1. The number of hydrogen-bond acceptors (Lipinski definition) is 5. The molecule has 0 radical (unpaired) electrons. The third-order valence-corrected chi connectivity index (χ3v) is 2.11. The van der Waals surface area contributed by atoms with Crippen LogP contribution >= 0.6 is 0 Å². The van der Waals surface area contributed by atoms with Gasteiger partial charge in [0.2, 0.25) is 0 Å². The van der Waals surface area contributed by atoms with Gasteiger partial charge >= 0.3 is 5.97 Å². The van der Waals surface area contributed by atoms with Crippen molar-refractivity contribution in [2.24, 2.45) is 7.05 Å². The molecular formula is C10H9N5O3. The molecule has 0 aliphatic carbocycles. The zero-order valence-electron chi connectivity index (χ0n) is 9.36. The van der Waals surface area contributed by atoms with Crippen LogP contribution < -0.4 is 5.32 Å². The quantitative estimate of drug-likeness (QED) is 0.799. The Kier molecular flexibility index (Phi) is 3.00. The van der Waals surface area contributed by atoms with Crippen molar-refractivity contribution in [3.63, 3.8) is 0 Å². The zero-order chi connectivity index (χ0) is 13.1. The summed E-state index contributed by atoms with van der Waals surface area (Å²) in [4.78, 5) is 23.7. The van der Waals surface area contributed by atoms with Crippen LogP contribution in [0.5, 0.6) is 0 Å². The Morgan fingerprint density at radius 2 is 2.06 bits per heavy atom. The summed E-state index contributed by atoms with van der Waals surface area (Å²) in [6.45, 7) is 0. The molecule has 1 heterocycles. The third-order valence-electron chi connectivity index (χ3n) is 2.11. The van der Waals surface area contributed by atoms with Crippen LogP contribution in [0.1, 0.15) is 20.7 Å². The molecule has 2 rings (SSSR count). The number of carboxylic acids is 1. The van der Waals surface area contributed by atoms with E-state index in [-0.39, 0.29) is 17.1 Å². The van der Waals surface area contributed by atoms with Gasteiger partial charge < -0.3 is 5.11 Å². The molecule has 0 atom stereocenters. The predicted molar refractivity (Wildman–Crippen MR) is 60.2 cm³/mol. The molecule has 18 heavy (non-hydrogen) atoms. The monoisotopic (exact) mass is 247 g/mol. The maximum Gasteiger partial charge on any atom is 0.335 e. The molecule has 0 spiro atoms. The van der Waals surface area contributed by atoms with Crippen molar-refractivity contribution in [2.75, 3.05) is 5.32 Å². The fraction of sp³-hybridized carbons (Fsp3) is 0.100. The van der Waals surface area contributed by atoms with Gasteiger partial charge in [0.05, 0.1) is 12.6 Å². The number of benzene rings is 1. The zero-order valence-corrected chi connectivity index (χ0v) is 9.36. The summed E-state index contributed by atoms with van der Waals surface area (Å²) < 4.78 is 0. The van der Waals surface area contributed by atoms with Crippen LogP contribution in [-0.2, 0) is 7.05 Å². The summed E-state index contributed by atoms with van der Waals surface area (Å²) >= 11 is 0. The minimum absolute atomic E-state index is 0.0368. The van der Waals surface area contributed by atoms with Crippen molar-refractivity contribution in [1.29, 1.82) is 0 Å². The van der Waals surface area contributed by atoms with E-state index in [1.165, 1.54) is 29.1 Å². The fourth-order valence-corrected chi connectivity index (χ4v) is 1.30. The predicted octanol–water partition coefficient (Wildman–Crippen LogP) is 0.161. The minimum Gasteiger partial charge on any atom is -0.478 e. The van der Waals surface area contributed by atoms with Crippen molar-refractivity contribution in [3.05, 3.63) is 35.4 Å². The largest absolute Gasteiger partial charge is 0.478 e. The smallest absolute Gasteiger partial charge is 0.335 e. The highest BCUT2D eigenvalue weighted by Crippen LogP contribution is 2.07. The van der Waals surface area contributed by atoms with Crippen LogP contribution in [-0.4, -0.2) is 37.2 Å². The average molecular weight is 247 g/mol. The number of rotatable bonds is 3. The van der Waals surface area contributed by atoms with Crippen molar-refractivity contribution < 1.29 is 14.7 Å². The molecule has 1 aromatic carbocycles. The second-order valence-electron chi connectivity index (χ2n) is 3.44. The fourth-order valence-electron chi connectivity index (χ4n) is 1.30. The first-order valence-electron chi connectivity index (χ1n) is 4.95. The second kappa shape index (κ2) is 4.62. The summed E-state index contributed by atoms with van der Waals surface area (Å²) in [5.41, 5.74) is 0.247. The van der Waals surface area contributed by atoms with E-state index in [0.29, 0.717) is 0 Å². The van der Waals surface area contributed by atoms with Gasteiger partial charge in [-0.05, 0) is 23.4 Å². The highest BCUT2D eigenvalue weighted by molar-refractivity contribution is 6.04. The van der Waals surface area contributed by atoms with E-state index in [9.17, 15) is 9.59 Å². The standard InChI is InChI=1S/C10H9N5O3/c1-15-13-10(12-14-15)11-8(16)6-3-2-4-7(5-6)9(17)18/h2-5H,1H3,(H,17,18)(H,11,13,16). The van der Waals surface area contributed by atoms with Crippen LogP contribution in [0.15, 0.2) is 24.3 Å². The Balaban J connectivity index is 2.18. The van der Waals surface area contributed by atoms with E-state index in [4.69, 9.17) is 5.11 Å². The number of carbonyl (C=O) groups is 2. The molecule has 1 amide bonds. The van der Waals surface area contributed by atoms with Gasteiger partial charge in [-0.2, -0.15) is 4.80 Å². The number of amides is 1. The molecule has 0 bridgehead atoms. The molecule has 0 unspecified atom stereocenters. The van der Waals surface area contributed by atoms with Gasteiger partial charge in [-0.1, -0.05) is 11.2 Å². The Hall–Kier alpha value is -2.77. The first-order valence-corrected chi connectivity index (χ1v) is 4.95. The number of nitrogens with zero attached hydrogens (tertiary/aromatic N) is 4. The number of carbonyl (C=O) groups excluding carboxylic acids is 1. The van der Waals surface area contributed by atoms with Gasteiger partial charge in [-0.25, -0.2) is 4.79 Å². The molecule has 0 fully saturated rings. The van der Waals surface area contributed by atoms with Gasteiger partial charge in [-0.3, -0.25) is 10.1 Å². The molecule has 0 saturated heterocycles. The van der Waals surface area contributed by atoms with Crippen LogP contribution in [0, 0.1) is 0 Å². The molecule has 8 nitrogen and oxygen atoms in total. The van der Waals surface area contributed by atoms with Crippen LogP contribution in [0.3, 0.4) is 0 Å². The van der Waals surface area contributed by atoms with E-state index < -0.39 is 11.9 Å². The normalized spacial score (nSPS) is 10.1. The summed E-state index contributed by atoms with van der Waals surface area (Å²) in [5, 5.41) is 22.2. The lowest BCUT2D eigenvalue weighted by Crippen LogP contribution is -2.14. The van der Waals surface area contributed by atoms with Gasteiger partial charge in [-0.15, -0.1) is 5.10 Å². The summed E-state index contributed by atoms with van der Waals surface area (Å²) in [7, 11) is 1.56. The topological polar surface area (TPSA) is 110 Å². The van der Waals surface area contributed by atoms with Crippen molar-refractivity contribution in [2.45, 2.75) is 0 Å². The maximum atomic E-state index is 11.8. The van der Waals surface area contributed by atoms with E-state index >= 15 is 0 Å². The second-order valence-corrected chi connectivity index (χ2v) is 3.44. The number of carboxylic acid groups (broad SMARTS) is 1. The number of tetrazole rings is 1. The minimum atomic E-state index is -1.10.